The SMILES string of the molecule is COc1ccc2c(c1)OC(C1CCOCC1)C[C@H]2O. The lowest BCUT2D eigenvalue weighted by Crippen LogP contribution is -2.36. The highest BCUT2D eigenvalue weighted by Crippen LogP contribution is 2.40. The third-order valence-electron chi connectivity index (χ3n) is 4.11. The van der Waals surface area contributed by atoms with Crippen molar-refractivity contribution >= 4 is 0 Å². The van der Waals surface area contributed by atoms with Crippen LogP contribution in [0.3, 0.4) is 0 Å². The number of aliphatic hydroxyl groups is 1. The normalized spacial score (nSPS) is 27.5. The van der Waals surface area contributed by atoms with Gasteiger partial charge in [0.05, 0.1) is 13.2 Å². The minimum Gasteiger partial charge on any atom is -0.497 e. The quantitative estimate of drug-likeness (QED) is 0.890. The number of aliphatic hydroxyl groups excluding tert-OH is 1. The molecular formula is C15H20O4. The molecule has 0 radical (unpaired) electrons. The van der Waals surface area contributed by atoms with Crippen LogP contribution in [-0.2, 0) is 4.74 Å². The smallest absolute Gasteiger partial charge is 0.129 e. The number of rotatable bonds is 2. The van der Waals surface area contributed by atoms with Gasteiger partial charge in [-0.2, -0.15) is 0 Å². The second-order valence-corrected chi connectivity index (χ2v) is 5.26. The molecule has 0 spiro atoms. The average molecular weight is 264 g/mol. The van der Waals surface area contributed by atoms with Crippen molar-refractivity contribution in [2.24, 2.45) is 5.92 Å². The maximum atomic E-state index is 10.3. The molecule has 1 fully saturated rings. The van der Waals surface area contributed by atoms with Gasteiger partial charge in [0.15, 0.2) is 0 Å². The molecule has 0 aliphatic carbocycles. The van der Waals surface area contributed by atoms with E-state index in [2.05, 4.69) is 0 Å². The van der Waals surface area contributed by atoms with E-state index in [0.29, 0.717) is 12.3 Å². The molecule has 1 unspecified atom stereocenters. The standard InChI is InChI=1S/C15H20O4/c1-17-11-2-3-12-13(16)9-14(19-15(12)8-11)10-4-6-18-7-5-10/h2-3,8,10,13-14,16H,4-7,9H2,1H3/t13-,14?/m1/s1. The summed E-state index contributed by atoms with van der Waals surface area (Å²) in [5.74, 6) is 2.00. The van der Waals surface area contributed by atoms with E-state index in [1.165, 1.54) is 0 Å². The van der Waals surface area contributed by atoms with E-state index in [9.17, 15) is 5.11 Å². The molecule has 1 aromatic carbocycles. The van der Waals surface area contributed by atoms with Crippen LogP contribution in [0.4, 0.5) is 0 Å². The summed E-state index contributed by atoms with van der Waals surface area (Å²) >= 11 is 0. The predicted molar refractivity (Wildman–Crippen MR) is 70.5 cm³/mol. The van der Waals surface area contributed by atoms with Crippen molar-refractivity contribution in [3.8, 4) is 11.5 Å². The van der Waals surface area contributed by atoms with Crippen LogP contribution < -0.4 is 9.47 Å². The van der Waals surface area contributed by atoms with E-state index >= 15 is 0 Å². The molecule has 4 heteroatoms. The van der Waals surface area contributed by atoms with E-state index in [0.717, 1.165) is 43.1 Å². The van der Waals surface area contributed by atoms with Gasteiger partial charge in [-0.25, -0.2) is 0 Å². The fourth-order valence-electron chi connectivity index (χ4n) is 2.95. The largest absolute Gasteiger partial charge is 0.497 e. The highest BCUT2D eigenvalue weighted by atomic mass is 16.5. The summed E-state index contributed by atoms with van der Waals surface area (Å²) in [6, 6.07) is 5.61. The minimum absolute atomic E-state index is 0.0820. The molecule has 2 aliphatic heterocycles. The molecule has 2 atom stereocenters. The number of benzene rings is 1. The Morgan fingerprint density at radius 1 is 1.26 bits per heavy atom. The van der Waals surface area contributed by atoms with Crippen LogP contribution in [0.2, 0.25) is 0 Å². The molecule has 2 heterocycles. The van der Waals surface area contributed by atoms with Gasteiger partial charge >= 0.3 is 0 Å². The Hall–Kier alpha value is -1.26. The molecule has 0 saturated carbocycles. The van der Waals surface area contributed by atoms with Gasteiger partial charge in [0.2, 0.25) is 0 Å². The molecular weight excluding hydrogens is 244 g/mol. The molecule has 4 nitrogen and oxygen atoms in total. The van der Waals surface area contributed by atoms with Crippen LogP contribution in [0.25, 0.3) is 0 Å². The van der Waals surface area contributed by atoms with Crippen LogP contribution in [0, 0.1) is 5.92 Å². The zero-order valence-electron chi connectivity index (χ0n) is 11.2. The summed E-state index contributed by atoms with van der Waals surface area (Å²) in [6.45, 7) is 1.59. The molecule has 104 valence electrons. The lowest BCUT2D eigenvalue weighted by molar-refractivity contribution is -0.0151. The van der Waals surface area contributed by atoms with Gasteiger partial charge in [-0.1, -0.05) is 0 Å². The second kappa shape index (κ2) is 5.39. The van der Waals surface area contributed by atoms with Gasteiger partial charge in [-0.3, -0.25) is 0 Å². The lowest BCUT2D eigenvalue weighted by Gasteiger charge is -2.36. The molecule has 19 heavy (non-hydrogen) atoms. The number of methoxy groups -OCH3 is 1. The monoisotopic (exact) mass is 264 g/mol. The van der Waals surface area contributed by atoms with Crippen molar-refractivity contribution in [3.05, 3.63) is 23.8 Å². The maximum Gasteiger partial charge on any atom is 0.129 e. The Labute approximate surface area is 113 Å². The number of hydrogen-bond donors (Lipinski definition) is 1. The highest BCUT2D eigenvalue weighted by Gasteiger charge is 2.33. The fraction of sp³-hybridized carbons (Fsp3) is 0.600. The van der Waals surface area contributed by atoms with E-state index < -0.39 is 6.10 Å². The zero-order chi connectivity index (χ0) is 13.2. The van der Waals surface area contributed by atoms with Gasteiger partial charge in [0, 0.05) is 37.2 Å². The van der Waals surface area contributed by atoms with E-state index in [4.69, 9.17) is 14.2 Å². The van der Waals surface area contributed by atoms with Crippen molar-refractivity contribution in [2.75, 3.05) is 20.3 Å². The Bertz CT molecular complexity index is 440. The Morgan fingerprint density at radius 2 is 2.05 bits per heavy atom. The van der Waals surface area contributed by atoms with Crippen molar-refractivity contribution < 1.29 is 19.3 Å². The van der Waals surface area contributed by atoms with Gasteiger partial charge in [0.1, 0.15) is 17.6 Å². The van der Waals surface area contributed by atoms with E-state index in [-0.39, 0.29) is 6.10 Å². The first-order chi connectivity index (χ1) is 9.28. The summed E-state index contributed by atoms with van der Waals surface area (Å²) in [4.78, 5) is 0. The van der Waals surface area contributed by atoms with E-state index in [1.807, 2.05) is 18.2 Å². The minimum atomic E-state index is -0.442. The number of fused-ring (bicyclic) bond motifs is 1. The summed E-state index contributed by atoms with van der Waals surface area (Å²) < 4.78 is 16.7. The summed E-state index contributed by atoms with van der Waals surface area (Å²) in [6.07, 6.45) is 2.33. The number of hydrogen-bond acceptors (Lipinski definition) is 4. The molecule has 1 saturated heterocycles. The molecule has 3 rings (SSSR count). The molecule has 1 aromatic rings. The van der Waals surface area contributed by atoms with Gasteiger partial charge in [-0.15, -0.1) is 0 Å². The molecule has 0 aromatic heterocycles. The van der Waals surface area contributed by atoms with Crippen molar-refractivity contribution in [2.45, 2.75) is 31.5 Å². The van der Waals surface area contributed by atoms with Crippen LogP contribution >= 0.6 is 0 Å². The van der Waals surface area contributed by atoms with Crippen LogP contribution in [-0.4, -0.2) is 31.5 Å². The van der Waals surface area contributed by atoms with Gasteiger partial charge < -0.3 is 19.3 Å². The first kappa shape index (κ1) is 12.8. The van der Waals surface area contributed by atoms with E-state index in [1.54, 1.807) is 7.11 Å². The van der Waals surface area contributed by atoms with Crippen molar-refractivity contribution in [1.29, 1.82) is 0 Å². The Kier molecular flexibility index (Phi) is 3.62. The molecule has 0 amide bonds. The van der Waals surface area contributed by atoms with Gasteiger partial charge in [-0.05, 0) is 25.0 Å². The van der Waals surface area contributed by atoms with Crippen LogP contribution in [0.1, 0.15) is 30.9 Å². The molecule has 0 bridgehead atoms. The lowest BCUT2D eigenvalue weighted by atomic mass is 9.87. The summed E-state index contributed by atoms with van der Waals surface area (Å²) in [5.41, 5.74) is 0.865. The second-order valence-electron chi connectivity index (χ2n) is 5.26. The topological polar surface area (TPSA) is 47.9 Å². The van der Waals surface area contributed by atoms with Crippen LogP contribution in [0.15, 0.2) is 18.2 Å². The highest BCUT2D eigenvalue weighted by molar-refractivity contribution is 5.43. The third kappa shape index (κ3) is 2.55. The fourth-order valence-corrected chi connectivity index (χ4v) is 2.95. The van der Waals surface area contributed by atoms with Gasteiger partial charge in [0.25, 0.3) is 0 Å². The number of ether oxygens (including phenoxy) is 3. The van der Waals surface area contributed by atoms with Crippen molar-refractivity contribution in [3.63, 3.8) is 0 Å². The summed E-state index contributed by atoms with van der Waals surface area (Å²) in [5, 5.41) is 10.3. The maximum absolute atomic E-state index is 10.3. The average Bonchev–Trinajstić information content (AvgIpc) is 2.47. The summed E-state index contributed by atoms with van der Waals surface area (Å²) in [7, 11) is 1.64. The van der Waals surface area contributed by atoms with Crippen LogP contribution in [0.5, 0.6) is 11.5 Å². The predicted octanol–water partition coefficient (Wildman–Crippen LogP) is 2.31. The van der Waals surface area contributed by atoms with Crippen molar-refractivity contribution in [1.82, 2.24) is 0 Å². The zero-order valence-corrected chi connectivity index (χ0v) is 11.2. The molecule has 2 aliphatic rings. The Morgan fingerprint density at radius 3 is 2.79 bits per heavy atom. The first-order valence-electron chi connectivity index (χ1n) is 6.88. The molecule has 1 N–H and O–H groups in total. The third-order valence-corrected chi connectivity index (χ3v) is 4.11. The Balaban J connectivity index is 1.81. The first-order valence-corrected chi connectivity index (χ1v) is 6.88.